The Bertz CT molecular complexity index is 314. The van der Waals surface area contributed by atoms with Crippen molar-refractivity contribution in [3.05, 3.63) is 12.2 Å². The fraction of sp³-hybridized carbons (Fsp3) is 0.778. The third-order valence-corrected chi connectivity index (χ3v) is 2.77. The van der Waals surface area contributed by atoms with Crippen LogP contribution in [0.5, 0.6) is 0 Å². The summed E-state index contributed by atoms with van der Waals surface area (Å²) in [5, 5.41) is 11.5. The van der Waals surface area contributed by atoms with Gasteiger partial charge >= 0.3 is 0 Å². The standard InChI is InChI=1S/C9H14N4O/c1-2-7(1)13-6-11-12-9(13)8-5-14-4-3-10-8/h6-8,10H,1-5H2. The fourth-order valence-corrected chi connectivity index (χ4v) is 1.87. The Morgan fingerprint density at radius 1 is 1.50 bits per heavy atom. The number of aromatic nitrogens is 3. The summed E-state index contributed by atoms with van der Waals surface area (Å²) in [4.78, 5) is 0. The molecular weight excluding hydrogens is 180 g/mol. The lowest BCUT2D eigenvalue weighted by Crippen LogP contribution is -2.36. The maximum absolute atomic E-state index is 5.42. The first-order valence-electron chi connectivity index (χ1n) is 5.15. The van der Waals surface area contributed by atoms with Gasteiger partial charge in [0, 0.05) is 12.6 Å². The van der Waals surface area contributed by atoms with Gasteiger partial charge in [-0.1, -0.05) is 0 Å². The molecule has 1 saturated heterocycles. The Morgan fingerprint density at radius 2 is 2.43 bits per heavy atom. The van der Waals surface area contributed by atoms with E-state index < -0.39 is 0 Å². The molecule has 0 radical (unpaired) electrons. The predicted octanol–water partition coefficient (Wildman–Crippen LogP) is 0.274. The maximum atomic E-state index is 5.42. The molecule has 0 amide bonds. The fourth-order valence-electron chi connectivity index (χ4n) is 1.87. The molecule has 1 N–H and O–H groups in total. The Balaban J connectivity index is 1.82. The summed E-state index contributed by atoms with van der Waals surface area (Å²) in [7, 11) is 0. The Labute approximate surface area is 82.5 Å². The van der Waals surface area contributed by atoms with Gasteiger partial charge in [-0.05, 0) is 12.8 Å². The predicted molar refractivity (Wildman–Crippen MR) is 49.9 cm³/mol. The highest BCUT2D eigenvalue weighted by Crippen LogP contribution is 2.36. The van der Waals surface area contributed by atoms with Gasteiger partial charge in [0.1, 0.15) is 6.33 Å². The van der Waals surface area contributed by atoms with Crippen LogP contribution in [0.15, 0.2) is 6.33 Å². The number of nitrogens with zero attached hydrogens (tertiary/aromatic N) is 3. The minimum Gasteiger partial charge on any atom is -0.378 e. The second kappa shape index (κ2) is 3.33. The van der Waals surface area contributed by atoms with Crippen molar-refractivity contribution in [2.75, 3.05) is 19.8 Å². The lowest BCUT2D eigenvalue weighted by atomic mass is 10.2. The Morgan fingerprint density at radius 3 is 3.14 bits per heavy atom. The molecule has 1 unspecified atom stereocenters. The second-order valence-corrected chi connectivity index (χ2v) is 3.91. The van der Waals surface area contributed by atoms with E-state index in [2.05, 4.69) is 20.1 Å². The minimum atomic E-state index is 0.229. The van der Waals surface area contributed by atoms with E-state index in [1.165, 1.54) is 12.8 Å². The third-order valence-electron chi connectivity index (χ3n) is 2.77. The summed E-state index contributed by atoms with van der Waals surface area (Å²) in [6.45, 7) is 2.42. The smallest absolute Gasteiger partial charge is 0.152 e. The first-order valence-corrected chi connectivity index (χ1v) is 5.15. The van der Waals surface area contributed by atoms with Gasteiger partial charge in [-0.25, -0.2) is 0 Å². The quantitative estimate of drug-likeness (QED) is 0.734. The number of hydrogen-bond donors (Lipinski definition) is 1. The zero-order chi connectivity index (χ0) is 9.38. The highest BCUT2D eigenvalue weighted by Gasteiger charge is 2.29. The molecule has 1 aromatic heterocycles. The van der Waals surface area contributed by atoms with E-state index in [0.717, 1.165) is 19.0 Å². The molecule has 1 aliphatic heterocycles. The topological polar surface area (TPSA) is 52.0 Å². The van der Waals surface area contributed by atoms with Gasteiger partial charge in [0.15, 0.2) is 5.82 Å². The van der Waals surface area contributed by atoms with Gasteiger partial charge < -0.3 is 14.6 Å². The molecule has 0 bridgehead atoms. The summed E-state index contributed by atoms with van der Waals surface area (Å²) in [6, 6.07) is 0.871. The van der Waals surface area contributed by atoms with Crippen LogP contribution in [-0.4, -0.2) is 34.5 Å². The first kappa shape index (κ1) is 8.38. The van der Waals surface area contributed by atoms with Crippen molar-refractivity contribution in [3.8, 4) is 0 Å². The molecule has 0 aromatic carbocycles. The van der Waals surface area contributed by atoms with Crippen molar-refractivity contribution >= 4 is 0 Å². The van der Waals surface area contributed by atoms with Crippen molar-refractivity contribution < 1.29 is 4.74 Å². The van der Waals surface area contributed by atoms with Crippen molar-refractivity contribution in [2.45, 2.75) is 24.9 Å². The van der Waals surface area contributed by atoms with Crippen LogP contribution in [0, 0.1) is 0 Å². The minimum absolute atomic E-state index is 0.229. The molecule has 2 aliphatic rings. The van der Waals surface area contributed by atoms with Gasteiger partial charge in [0.25, 0.3) is 0 Å². The van der Waals surface area contributed by atoms with E-state index in [9.17, 15) is 0 Å². The number of morpholine rings is 1. The molecule has 1 saturated carbocycles. The van der Waals surface area contributed by atoms with Gasteiger partial charge in [0.05, 0.1) is 19.3 Å². The molecule has 0 spiro atoms. The molecule has 14 heavy (non-hydrogen) atoms. The largest absolute Gasteiger partial charge is 0.378 e. The van der Waals surface area contributed by atoms with Gasteiger partial charge in [-0.3, -0.25) is 0 Å². The molecule has 76 valence electrons. The van der Waals surface area contributed by atoms with E-state index in [1.807, 2.05) is 6.33 Å². The Hall–Kier alpha value is -0.940. The van der Waals surface area contributed by atoms with E-state index in [-0.39, 0.29) is 6.04 Å². The Kier molecular flexibility index (Phi) is 1.99. The second-order valence-electron chi connectivity index (χ2n) is 3.91. The normalized spacial score (nSPS) is 27.9. The highest BCUT2D eigenvalue weighted by molar-refractivity contribution is 5.01. The van der Waals surface area contributed by atoms with Crippen molar-refractivity contribution in [1.29, 1.82) is 0 Å². The maximum Gasteiger partial charge on any atom is 0.152 e. The van der Waals surface area contributed by atoms with E-state index >= 15 is 0 Å². The molecule has 1 atom stereocenters. The van der Waals surface area contributed by atoms with Crippen LogP contribution in [0.4, 0.5) is 0 Å². The molecule has 3 rings (SSSR count). The van der Waals surface area contributed by atoms with Crippen LogP contribution in [0.2, 0.25) is 0 Å². The first-order chi connectivity index (χ1) is 6.95. The highest BCUT2D eigenvalue weighted by atomic mass is 16.5. The average Bonchev–Trinajstić information content (AvgIpc) is 2.98. The van der Waals surface area contributed by atoms with E-state index in [0.29, 0.717) is 12.6 Å². The lowest BCUT2D eigenvalue weighted by Gasteiger charge is -2.23. The molecule has 2 heterocycles. The summed E-state index contributed by atoms with van der Waals surface area (Å²) in [5.41, 5.74) is 0. The number of ether oxygens (including phenoxy) is 1. The summed E-state index contributed by atoms with van der Waals surface area (Å²) in [6.07, 6.45) is 4.36. The van der Waals surface area contributed by atoms with Crippen LogP contribution >= 0.6 is 0 Å². The van der Waals surface area contributed by atoms with Crippen LogP contribution in [0.3, 0.4) is 0 Å². The molecule has 5 nitrogen and oxygen atoms in total. The lowest BCUT2D eigenvalue weighted by molar-refractivity contribution is 0.0729. The third kappa shape index (κ3) is 1.42. The van der Waals surface area contributed by atoms with Crippen LogP contribution in [-0.2, 0) is 4.74 Å². The average molecular weight is 194 g/mol. The number of rotatable bonds is 2. The number of nitrogens with one attached hydrogen (secondary N) is 1. The zero-order valence-corrected chi connectivity index (χ0v) is 8.02. The molecular formula is C9H14N4O. The van der Waals surface area contributed by atoms with E-state index in [1.54, 1.807) is 0 Å². The summed E-state index contributed by atoms with van der Waals surface area (Å²) < 4.78 is 7.60. The van der Waals surface area contributed by atoms with Crippen molar-refractivity contribution in [1.82, 2.24) is 20.1 Å². The van der Waals surface area contributed by atoms with Crippen LogP contribution in [0.1, 0.15) is 30.7 Å². The summed E-state index contributed by atoms with van der Waals surface area (Å²) in [5.74, 6) is 1.03. The monoisotopic (exact) mass is 194 g/mol. The zero-order valence-electron chi connectivity index (χ0n) is 8.02. The van der Waals surface area contributed by atoms with Crippen LogP contribution < -0.4 is 5.32 Å². The molecule has 2 fully saturated rings. The SMILES string of the molecule is c1nnc(C2COCCN2)n1C1CC1. The summed E-state index contributed by atoms with van der Waals surface area (Å²) >= 11 is 0. The van der Waals surface area contributed by atoms with Crippen molar-refractivity contribution in [2.24, 2.45) is 0 Å². The van der Waals surface area contributed by atoms with Gasteiger partial charge in [-0.15, -0.1) is 10.2 Å². The number of hydrogen-bond acceptors (Lipinski definition) is 4. The van der Waals surface area contributed by atoms with Gasteiger partial charge in [0.2, 0.25) is 0 Å². The van der Waals surface area contributed by atoms with Gasteiger partial charge in [-0.2, -0.15) is 0 Å². The van der Waals surface area contributed by atoms with Crippen molar-refractivity contribution in [3.63, 3.8) is 0 Å². The molecule has 5 heteroatoms. The molecule has 1 aromatic rings. The molecule has 1 aliphatic carbocycles. The van der Waals surface area contributed by atoms with E-state index in [4.69, 9.17) is 4.74 Å². The van der Waals surface area contributed by atoms with Crippen LogP contribution in [0.25, 0.3) is 0 Å².